The van der Waals surface area contributed by atoms with E-state index in [0.29, 0.717) is 6.04 Å². The van der Waals surface area contributed by atoms with Gasteiger partial charge in [-0.3, -0.25) is 4.90 Å². The molecule has 18 heavy (non-hydrogen) atoms. The minimum absolute atomic E-state index is 0.653. The van der Waals surface area contributed by atoms with E-state index in [0.717, 1.165) is 36.8 Å². The number of rotatable bonds is 4. The lowest BCUT2D eigenvalue weighted by atomic mass is 9.98. The Bertz CT molecular complexity index is 393. The van der Waals surface area contributed by atoms with Crippen molar-refractivity contribution in [2.45, 2.75) is 63.7 Å². The first-order valence-corrected chi connectivity index (χ1v) is 7.02. The summed E-state index contributed by atoms with van der Waals surface area (Å²) in [6, 6.07) is 2.11. The summed E-state index contributed by atoms with van der Waals surface area (Å²) in [5.74, 6) is 1.56. The van der Waals surface area contributed by atoms with Crippen molar-refractivity contribution in [3.63, 3.8) is 0 Å². The molecule has 2 atom stereocenters. The maximum atomic E-state index is 5.27. The highest BCUT2D eigenvalue weighted by atomic mass is 16.5. The highest BCUT2D eigenvalue weighted by Gasteiger charge is 2.35. The zero-order valence-electron chi connectivity index (χ0n) is 11.2. The minimum atomic E-state index is 0.653. The molecule has 1 N–H and O–H groups in total. The van der Waals surface area contributed by atoms with Crippen molar-refractivity contribution in [3.8, 4) is 0 Å². The van der Waals surface area contributed by atoms with Gasteiger partial charge in [-0.15, -0.1) is 0 Å². The molecule has 1 aromatic heterocycles. The molecule has 2 fully saturated rings. The minimum Gasteiger partial charge on any atom is -0.338 e. The van der Waals surface area contributed by atoms with Gasteiger partial charge >= 0.3 is 0 Å². The first kappa shape index (κ1) is 12.1. The van der Waals surface area contributed by atoms with Crippen molar-refractivity contribution < 1.29 is 4.52 Å². The third-order valence-electron chi connectivity index (χ3n) is 4.28. The van der Waals surface area contributed by atoms with Crippen molar-refractivity contribution in [2.75, 3.05) is 7.05 Å². The largest absolute Gasteiger partial charge is 0.338 e. The molecule has 2 saturated heterocycles. The molecular formula is C13H22N4O. The second-order valence-corrected chi connectivity index (χ2v) is 5.64. The van der Waals surface area contributed by atoms with Crippen LogP contribution in [-0.2, 0) is 13.0 Å². The molecule has 5 nitrogen and oxygen atoms in total. The smallest absolute Gasteiger partial charge is 0.240 e. The number of aryl methyl sites for hydroxylation is 1. The highest BCUT2D eigenvalue weighted by molar-refractivity contribution is 4.96. The second-order valence-electron chi connectivity index (χ2n) is 5.64. The van der Waals surface area contributed by atoms with Gasteiger partial charge in [-0.2, -0.15) is 4.98 Å². The van der Waals surface area contributed by atoms with Crippen molar-refractivity contribution in [1.29, 1.82) is 0 Å². The molecule has 2 aliphatic heterocycles. The fourth-order valence-electron chi connectivity index (χ4n) is 3.23. The molecule has 2 unspecified atom stereocenters. The third kappa shape index (κ3) is 2.42. The first-order valence-electron chi connectivity index (χ1n) is 7.02. The topological polar surface area (TPSA) is 54.2 Å². The van der Waals surface area contributed by atoms with Gasteiger partial charge in [0, 0.05) is 24.5 Å². The summed E-state index contributed by atoms with van der Waals surface area (Å²) in [6.07, 6.45) is 6.03. The van der Waals surface area contributed by atoms with Crippen LogP contribution in [0.25, 0.3) is 0 Å². The van der Waals surface area contributed by atoms with Gasteiger partial charge in [-0.25, -0.2) is 0 Å². The number of hydrogen-bond donors (Lipinski definition) is 1. The summed E-state index contributed by atoms with van der Waals surface area (Å²) in [5.41, 5.74) is 0. The summed E-state index contributed by atoms with van der Waals surface area (Å²) in [5, 5.41) is 7.62. The zero-order chi connectivity index (χ0) is 12.5. The lowest BCUT2D eigenvalue weighted by molar-refractivity contribution is 0.150. The Balaban J connectivity index is 1.59. The molecule has 2 aliphatic rings. The number of nitrogens with one attached hydrogen (secondary N) is 1. The molecule has 0 spiro atoms. The van der Waals surface area contributed by atoms with Gasteiger partial charge in [0.15, 0.2) is 5.82 Å². The third-order valence-corrected chi connectivity index (χ3v) is 4.28. The van der Waals surface area contributed by atoms with Crippen LogP contribution in [0.3, 0.4) is 0 Å². The quantitative estimate of drug-likeness (QED) is 0.874. The van der Waals surface area contributed by atoms with Gasteiger partial charge in [0.05, 0.1) is 6.54 Å². The molecule has 0 amide bonds. The summed E-state index contributed by atoms with van der Waals surface area (Å²) in [7, 11) is 2.17. The van der Waals surface area contributed by atoms with Crippen molar-refractivity contribution >= 4 is 0 Å². The molecule has 0 aliphatic carbocycles. The van der Waals surface area contributed by atoms with Gasteiger partial charge < -0.3 is 9.84 Å². The number of hydrogen-bond acceptors (Lipinski definition) is 5. The zero-order valence-corrected chi connectivity index (χ0v) is 11.2. The van der Waals surface area contributed by atoms with Crippen LogP contribution in [0, 0.1) is 0 Å². The molecule has 0 radical (unpaired) electrons. The maximum absolute atomic E-state index is 5.27. The molecule has 5 heteroatoms. The number of nitrogens with zero attached hydrogens (tertiary/aromatic N) is 3. The van der Waals surface area contributed by atoms with Crippen LogP contribution < -0.4 is 5.32 Å². The summed E-state index contributed by atoms with van der Waals surface area (Å²) in [6.45, 7) is 2.82. The molecule has 100 valence electrons. The fraction of sp³-hybridized carbons (Fsp3) is 0.846. The molecule has 3 rings (SSSR count). The van der Waals surface area contributed by atoms with E-state index in [1.165, 1.54) is 25.7 Å². The Morgan fingerprint density at radius 1 is 1.33 bits per heavy atom. The summed E-state index contributed by atoms with van der Waals surface area (Å²) >= 11 is 0. The fourth-order valence-corrected chi connectivity index (χ4v) is 3.23. The van der Waals surface area contributed by atoms with Crippen LogP contribution in [0.15, 0.2) is 4.52 Å². The molecule has 2 bridgehead atoms. The van der Waals surface area contributed by atoms with Gasteiger partial charge in [0.2, 0.25) is 5.89 Å². The van der Waals surface area contributed by atoms with Gasteiger partial charge in [0.1, 0.15) is 0 Å². The maximum Gasteiger partial charge on any atom is 0.240 e. The molecule has 0 saturated carbocycles. The van der Waals surface area contributed by atoms with E-state index in [4.69, 9.17) is 4.52 Å². The Hall–Kier alpha value is -0.940. The van der Waals surface area contributed by atoms with Gasteiger partial charge in [0.25, 0.3) is 0 Å². The number of fused-ring (bicyclic) bond motifs is 2. The van der Waals surface area contributed by atoms with Crippen LogP contribution >= 0.6 is 0 Å². The predicted octanol–water partition coefficient (Wildman–Crippen LogP) is 1.35. The Morgan fingerprint density at radius 2 is 2.06 bits per heavy atom. The van der Waals surface area contributed by atoms with E-state index >= 15 is 0 Å². The molecular weight excluding hydrogens is 228 g/mol. The Labute approximate surface area is 108 Å². The lowest BCUT2D eigenvalue weighted by Crippen LogP contribution is -2.46. The number of piperidine rings is 1. The Kier molecular flexibility index (Phi) is 3.35. The van der Waals surface area contributed by atoms with Crippen LogP contribution in [0.5, 0.6) is 0 Å². The van der Waals surface area contributed by atoms with E-state index in [1.807, 2.05) is 6.92 Å². The van der Waals surface area contributed by atoms with Gasteiger partial charge in [-0.1, -0.05) is 12.1 Å². The lowest BCUT2D eigenvalue weighted by Gasteiger charge is -2.34. The van der Waals surface area contributed by atoms with E-state index in [-0.39, 0.29) is 0 Å². The van der Waals surface area contributed by atoms with Gasteiger partial charge in [-0.05, 0) is 32.7 Å². The number of aromatic nitrogens is 2. The van der Waals surface area contributed by atoms with E-state index < -0.39 is 0 Å². The molecule has 3 heterocycles. The van der Waals surface area contributed by atoms with Crippen LogP contribution in [0.2, 0.25) is 0 Å². The average molecular weight is 250 g/mol. The van der Waals surface area contributed by atoms with Crippen molar-refractivity contribution in [3.05, 3.63) is 11.7 Å². The van der Waals surface area contributed by atoms with Crippen molar-refractivity contribution in [2.24, 2.45) is 0 Å². The first-order chi connectivity index (χ1) is 8.74. The SMILES string of the molecule is CCc1noc(CN(C)C2CC3CCC(C2)N3)n1. The summed E-state index contributed by atoms with van der Waals surface area (Å²) in [4.78, 5) is 6.76. The second kappa shape index (κ2) is 4.97. The Morgan fingerprint density at radius 3 is 2.67 bits per heavy atom. The monoisotopic (exact) mass is 250 g/mol. The standard InChI is InChI=1S/C13H22N4O/c1-3-12-15-13(18-16-12)8-17(2)11-6-9-4-5-10(7-11)14-9/h9-11,14H,3-8H2,1-2H3. The highest BCUT2D eigenvalue weighted by Crippen LogP contribution is 2.29. The molecule has 0 aromatic carbocycles. The average Bonchev–Trinajstić information content (AvgIpc) is 2.96. The van der Waals surface area contributed by atoms with E-state index in [1.54, 1.807) is 0 Å². The van der Waals surface area contributed by atoms with Crippen molar-refractivity contribution in [1.82, 2.24) is 20.4 Å². The van der Waals surface area contributed by atoms with Crippen LogP contribution in [0.4, 0.5) is 0 Å². The van der Waals surface area contributed by atoms with E-state index in [2.05, 4.69) is 27.4 Å². The van der Waals surface area contributed by atoms with Crippen LogP contribution in [0.1, 0.15) is 44.3 Å². The predicted molar refractivity (Wildman–Crippen MR) is 68.1 cm³/mol. The van der Waals surface area contributed by atoms with E-state index in [9.17, 15) is 0 Å². The summed E-state index contributed by atoms with van der Waals surface area (Å²) < 4.78 is 5.27. The molecule has 1 aromatic rings. The normalized spacial score (nSPS) is 31.2. The van der Waals surface area contributed by atoms with Crippen LogP contribution in [-0.4, -0.2) is 40.2 Å².